The smallest absolute Gasteiger partial charge is 0.257 e. The molecular formula is C77H118B2Br2ClF6I2N3O18S2Si. The van der Waals surface area contributed by atoms with Gasteiger partial charge in [-0.05, 0) is 163 Å². The van der Waals surface area contributed by atoms with Gasteiger partial charge < -0.3 is 78.5 Å². The van der Waals surface area contributed by atoms with E-state index in [4.69, 9.17) is 99.6 Å². The SMILES string of the molecule is C.C#CC[C@@H](O)CO[Si](C)(C)C(C)(C)C.C=C(Br)C[C@@H](O)CO.C=C(Br)C[C@@H]1COC(C)(C)O1.C=C(C[C@@H]1COC(C)(C)O1)S(=O)(=O)Cl.C=C(C[C@@H]1COC(C)(C)O1)S(=O)(=O)Nc1c(OC)cc(F)c(F)c1Cc1ccc(I)cc1F.COC(C)(C)OC.COc1cc(F)c(F)c(Cc2ccc(I)cc2F)c1N.[2H]CC.[B]B(C)N. The molecule has 0 bridgehead atoms. The van der Waals surface area contributed by atoms with Crippen molar-refractivity contribution in [2.75, 3.05) is 71.9 Å². The topological polar surface area (TPSA) is 295 Å². The summed E-state index contributed by atoms with van der Waals surface area (Å²) in [6.45, 7) is 44.8. The fraction of sp³-hybridized carbons (Fsp3) is 0.558. The second-order valence-electron chi connectivity index (χ2n) is 28.3. The van der Waals surface area contributed by atoms with E-state index in [-0.39, 0.29) is 113 Å². The van der Waals surface area contributed by atoms with Crippen LogP contribution in [0.5, 0.6) is 11.5 Å². The van der Waals surface area contributed by atoms with Gasteiger partial charge in [0, 0.05) is 109 Å². The van der Waals surface area contributed by atoms with E-state index >= 15 is 0 Å². The summed E-state index contributed by atoms with van der Waals surface area (Å²) in [4.78, 5) is -0.280. The summed E-state index contributed by atoms with van der Waals surface area (Å²) in [6, 6.07) is 10.4. The summed E-state index contributed by atoms with van der Waals surface area (Å²) in [7, 11) is 6.03. The zero-order valence-corrected chi connectivity index (χ0v) is 78.7. The average Bonchev–Trinajstić information content (AvgIpc) is 1.25. The zero-order valence-electron chi connectivity index (χ0n) is 68.9. The molecule has 0 spiro atoms. The number of nitrogen functional groups attached to an aromatic ring is 1. The maximum Gasteiger partial charge on any atom is 0.257 e. The molecule has 2 radical (unpaired) electrons. The Morgan fingerprint density at radius 1 is 0.737 bits per heavy atom. The van der Waals surface area contributed by atoms with Crippen LogP contribution in [0.15, 0.2) is 93.6 Å². The van der Waals surface area contributed by atoms with Crippen molar-refractivity contribution in [2.45, 2.75) is 221 Å². The lowest BCUT2D eigenvalue weighted by atomic mass is 9.46. The van der Waals surface area contributed by atoms with Crippen LogP contribution in [-0.4, -0.2) is 170 Å². The van der Waals surface area contributed by atoms with Crippen LogP contribution in [0, 0.1) is 54.4 Å². The molecule has 3 saturated heterocycles. The number of nitrogens with two attached hydrogens (primary N) is 2. The van der Waals surface area contributed by atoms with E-state index in [0.29, 0.717) is 51.2 Å². The van der Waals surface area contributed by atoms with Gasteiger partial charge in [0.1, 0.15) is 23.1 Å². The van der Waals surface area contributed by atoms with E-state index < -0.39 is 116 Å². The van der Waals surface area contributed by atoms with Gasteiger partial charge in [-0.25, -0.2) is 43.2 Å². The average molecular weight is 2050 g/mol. The number of aliphatic hydroxyl groups is 3. The third kappa shape index (κ3) is 45.3. The Bertz CT molecular complexity index is 3990. The number of terminal acetylenes is 1. The molecule has 3 aliphatic heterocycles. The van der Waals surface area contributed by atoms with Crippen molar-refractivity contribution in [3.63, 3.8) is 0 Å². The minimum absolute atomic E-state index is 0. The molecule has 3 fully saturated rings. The summed E-state index contributed by atoms with van der Waals surface area (Å²) in [5, 5.41) is 26.6. The molecular weight excluding hydrogens is 1930 g/mol. The van der Waals surface area contributed by atoms with Crippen LogP contribution < -0.4 is 25.6 Å². The molecule has 37 heteroatoms. The first-order valence-electron chi connectivity index (χ1n) is 35.4. The second-order valence-corrected chi connectivity index (χ2v) is 42.3. The summed E-state index contributed by atoms with van der Waals surface area (Å²) in [5.41, 5.74) is 10.1. The van der Waals surface area contributed by atoms with E-state index in [9.17, 15) is 48.3 Å². The number of halogens is 11. The van der Waals surface area contributed by atoms with Crippen molar-refractivity contribution in [3.05, 3.63) is 158 Å². The first-order chi connectivity index (χ1) is 52.1. The monoisotopic (exact) mass is 2050 g/mol. The lowest BCUT2D eigenvalue weighted by Crippen LogP contribution is -2.42. The van der Waals surface area contributed by atoms with Crippen molar-refractivity contribution in [3.8, 4) is 23.8 Å². The highest BCUT2D eigenvalue weighted by atomic mass is 127. The molecule has 0 amide bonds. The van der Waals surface area contributed by atoms with Gasteiger partial charge in [-0.15, -0.1) is 12.3 Å². The number of rotatable bonds is 25. The predicted molar refractivity (Wildman–Crippen MR) is 472 cm³/mol. The van der Waals surface area contributed by atoms with Gasteiger partial charge in [0.05, 0.1) is 99.0 Å². The van der Waals surface area contributed by atoms with Crippen LogP contribution in [0.1, 0.15) is 153 Å². The van der Waals surface area contributed by atoms with E-state index in [0.717, 1.165) is 23.0 Å². The fourth-order valence-electron chi connectivity index (χ4n) is 8.69. The summed E-state index contributed by atoms with van der Waals surface area (Å²) >= 11 is 10.2. The Kier molecular flexibility index (Phi) is 52.8. The fourth-order valence-corrected chi connectivity index (χ4v) is 13.0. The van der Waals surface area contributed by atoms with Crippen molar-refractivity contribution >= 4 is 141 Å². The number of hydrogen-bond acceptors (Lipinski definition) is 20. The Labute approximate surface area is 726 Å². The molecule has 4 aromatic rings. The summed E-state index contributed by atoms with van der Waals surface area (Å²) in [5.74, 6) is -5.97. The van der Waals surface area contributed by atoms with Gasteiger partial charge in [0.25, 0.3) is 19.1 Å². The van der Waals surface area contributed by atoms with Gasteiger partial charge in [-0.3, -0.25) is 4.72 Å². The van der Waals surface area contributed by atoms with Gasteiger partial charge in [0.15, 0.2) is 61.5 Å². The highest BCUT2D eigenvalue weighted by Gasteiger charge is 2.39. The molecule has 0 saturated carbocycles. The Hall–Kier alpha value is -3.38. The highest BCUT2D eigenvalue weighted by Crippen LogP contribution is 2.40. The Balaban J connectivity index is -0.00000133. The van der Waals surface area contributed by atoms with Gasteiger partial charge in [0.2, 0.25) is 0 Å². The van der Waals surface area contributed by atoms with Crippen molar-refractivity contribution < 1.29 is 112 Å². The second kappa shape index (κ2) is 53.4. The minimum Gasteiger partial charge on any atom is -0.494 e. The molecule has 3 heterocycles. The third-order valence-electron chi connectivity index (χ3n) is 15.8. The zero-order chi connectivity index (χ0) is 89.1. The molecule has 3 aliphatic rings. The largest absolute Gasteiger partial charge is 0.494 e. The molecule has 0 aromatic heterocycles. The molecule has 4 aromatic carbocycles. The molecule has 8 N–H and O–H groups in total. The molecule has 7 rings (SSSR count). The molecule has 0 aliphatic carbocycles. The number of aliphatic hydroxyl groups excluding tert-OH is 3. The van der Waals surface area contributed by atoms with Gasteiger partial charge in [-0.2, -0.15) is 0 Å². The molecule has 114 heavy (non-hydrogen) atoms. The number of methoxy groups -OCH3 is 4. The molecule has 648 valence electrons. The molecule has 0 unspecified atom stereocenters. The van der Waals surface area contributed by atoms with Crippen LogP contribution in [0.3, 0.4) is 0 Å². The van der Waals surface area contributed by atoms with Crippen LogP contribution >= 0.6 is 87.7 Å². The van der Waals surface area contributed by atoms with Gasteiger partial charge in [-0.1, -0.05) is 119 Å². The number of nitrogens with one attached hydrogen (secondary N) is 1. The number of sulfonamides is 1. The third-order valence-corrected chi connectivity index (χ3v) is 25.2. The molecule has 5 atom stereocenters. The van der Waals surface area contributed by atoms with Crippen LogP contribution in [-0.2, 0) is 74.2 Å². The Morgan fingerprint density at radius 2 is 1.11 bits per heavy atom. The number of hydrogen-bond donors (Lipinski definition) is 6. The molecule has 21 nitrogen and oxygen atoms in total. The summed E-state index contributed by atoms with van der Waals surface area (Å²) in [6.07, 6.45) is 4.39. The maximum absolute atomic E-state index is 14.8. The highest BCUT2D eigenvalue weighted by molar-refractivity contribution is 14.1. The standard InChI is InChI=1S/C22H23F3INO5S.C14H11F3INO.C11H22O2Si.C8H13BrO2.C8H13ClO4S.C5H9BrO2.C5H12O2.C2H6.CH5B2N.CH4/c1-12(7-15-11-31-22(2,3)32-15)33(28,29)27-21-16(20(25)18(24)10-19(21)30-4)8-13-5-6-14(26)9-17(13)23;1-20-12-6-11(16)13(17)9(14(12)19)4-7-2-3-8(18)5-10(7)15;1-7-8-10(12)9-13-14(5,6)11(2,3)4;1-6(9)4-7-5-10-8(2,3)11-7;1-6(14(9,10)11)4-7-5-12-8(2,3)13-7;1-4(6)2-5(8)3-7;1-5(2,6-3)7-4;1-2;1-3(2)4;/h5-6,9-10,15,27H,1,7-8,11H2,2-4H3;2-3,5-6H,4,19H2,1H3;1,10,12H,8-9H2,2-6H3;7H,1,4-5H2,2-3H3;7H,1,4-5H2,2-3H3;5,7-8H,1-3H2;1-4H3;1-2H3;4H2,1H3;1H4/t15-;;10-;2*7-;5-;;;;/m1.1111..../s1/i;;;;;;;1D;;. The van der Waals surface area contributed by atoms with Crippen LogP contribution in [0.25, 0.3) is 0 Å². The summed E-state index contributed by atoms with van der Waals surface area (Å²) < 4.78 is 202. The van der Waals surface area contributed by atoms with E-state index in [1.807, 2.05) is 72.9 Å². The minimum atomic E-state index is -4.28. The predicted octanol–water partition coefficient (Wildman–Crippen LogP) is 18.0. The van der Waals surface area contributed by atoms with E-state index in [2.05, 4.69) is 103 Å². The van der Waals surface area contributed by atoms with E-state index in [1.54, 1.807) is 67.8 Å². The first-order valence-corrected chi connectivity index (χ1v) is 45.2. The van der Waals surface area contributed by atoms with Crippen molar-refractivity contribution in [1.82, 2.24) is 0 Å². The van der Waals surface area contributed by atoms with Crippen molar-refractivity contribution in [2.24, 2.45) is 5.64 Å². The van der Waals surface area contributed by atoms with Crippen molar-refractivity contribution in [1.29, 1.82) is 0 Å². The maximum atomic E-state index is 14.8. The first kappa shape index (κ1) is 113. The number of benzene rings is 4. The Morgan fingerprint density at radius 3 is 1.42 bits per heavy atom. The number of ether oxygens (including phenoxy) is 10. The number of anilines is 2. The quantitative estimate of drug-likeness (QED) is 0.00683. The van der Waals surface area contributed by atoms with E-state index in [1.165, 1.54) is 38.5 Å². The van der Waals surface area contributed by atoms with Gasteiger partial charge >= 0.3 is 0 Å². The normalized spacial score (nSPS) is 16.9. The van der Waals surface area contributed by atoms with Crippen LogP contribution in [0.2, 0.25) is 25.0 Å². The lowest BCUT2D eigenvalue weighted by Gasteiger charge is -2.36. The van der Waals surface area contributed by atoms with Crippen LogP contribution in [0.4, 0.5) is 37.7 Å². The lowest BCUT2D eigenvalue weighted by molar-refractivity contribution is -0.178.